The zero-order valence-electron chi connectivity index (χ0n) is 11.7. The maximum Gasteiger partial charge on any atom is 0.123 e. The Hall–Kier alpha value is -0.930. The van der Waals surface area contributed by atoms with Gasteiger partial charge >= 0.3 is 0 Å². The third-order valence-corrected chi connectivity index (χ3v) is 3.76. The number of hydrogen-bond acceptors (Lipinski definition) is 2. The van der Waals surface area contributed by atoms with Crippen LogP contribution in [0.2, 0.25) is 0 Å². The van der Waals surface area contributed by atoms with Crippen molar-refractivity contribution >= 4 is 0 Å². The first-order valence-electron chi connectivity index (χ1n) is 6.74. The lowest BCUT2D eigenvalue weighted by Crippen LogP contribution is -2.48. The van der Waals surface area contributed by atoms with E-state index < -0.39 is 0 Å². The van der Waals surface area contributed by atoms with Gasteiger partial charge < -0.3 is 0 Å². The second kappa shape index (κ2) is 6.86. The van der Waals surface area contributed by atoms with Crippen LogP contribution >= 0.6 is 0 Å². The highest BCUT2D eigenvalue weighted by Gasteiger charge is 2.30. The molecule has 1 rings (SSSR count). The van der Waals surface area contributed by atoms with Gasteiger partial charge in [-0.3, -0.25) is 11.3 Å². The third kappa shape index (κ3) is 3.79. The van der Waals surface area contributed by atoms with Gasteiger partial charge in [0.2, 0.25) is 0 Å². The van der Waals surface area contributed by atoms with Crippen molar-refractivity contribution in [2.45, 2.75) is 57.9 Å². The number of hydrogen-bond donors (Lipinski definition) is 2. The summed E-state index contributed by atoms with van der Waals surface area (Å²) in [6.07, 6.45) is 4.62. The molecule has 18 heavy (non-hydrogen) atoms. The maximum absolute atomic E-state index is 13.0. The Kier molecular flexibility index (Phi) is 5.76. The molecule has 0 saturated carbocycles. The molecule has 0 fully saturated rings. The largest absolute Gasteiger partial charge is 0.271 e. The smallest absolute Gasteiger partial charge is 0.123 e. The average Bonchev–Trinajstić information content (AvgIpc) is 2.35. The molecule has 0 aliphatic rings. The van der Waals surface area contributed by atoms with Gasteiger partial charge in [-0.2, -0.15) is 0 Å². The topological polar surface area (TPSA) is 38.0 Å². The number of unbranched alkanes of at least 4 members (excludes halogenated alkanes) is 2. The van der Waals surface area contributed by atoms with Crippen LogP contribution in [-0.4, -0.2) is 6.04 Å². The fourth-order valence-electron chi connectivity index (χ4n) is 2.33. The van der Waals surface area contributed by atoms with Crippen molar-refractivity contribution in [3.05, 3.63) is 35.6 Å². The van der Waals surface area contributed by atoms with E-state index >= 15 is 0 Å². The summed E-state index contributed by atoms with van der Waals surface area (Å²) >= 11 is 0. The Morgan fingerprint density at radius 1 is 1.22 bits per heavy atom. The number of nitrogens with two attached hydrogens (primary N) is 1. The zero-order valence-corrected chi connectivity index (χ0v) is 11.7. The van der Waals surface area contributed by atoms with Gasteiger partial charge in [-0.1, -0.05) is 52.2 Å². The van der Waals surface area contributed by atoms with Gasteiger partial charge in [0.15, 0.2) is 0 Å². The molecule has 0 aliphatic carbocycles. The Bertz CT molecular complexity index is 346. The van der Waals surface area contributed by atoms with Crippen LogP contribution < -0.4 is 11.3 Å². The molecule has 102 valence electrons. The summed E-state index contributed by atoms with van der Waals surface area (Å²) in [6.45, 7) is 6.49. The van der Waals surface area contributed by atoms with Crippen molar-refractivity contribution in [3.8, 4) is 0 Å². The predicted octanol–water partition coefficient (Wildman–Crippen LogP) is 3.52. The van der Waals surface area contributed by atoms with E-state index in [1.165, 1.54) is 25.0 Å². The third-order valence-electron chi connectivity index (χ3n) is 3.76. The molecule has 1 unspecified atom stereocenters. The van der Waals surface area contributed by atoms with E-state index in [-0.39, 0.29) is 17.3 Å². The van der Waals surface area contributed by atoms with Crippen molar-refractivity contribution in [2.75, 3.05) is 0 Å². The molecular weight excluding hydrogens is 227 g/mol. The van der Waals surface area contributed by atoms with Crippen LogP contribution in [0.15, 0.2) is 24.3 Å². The summed E-state index contributed by atoms with van der Waals surface area (Å²) in [5, 5.41) is 0. The zero-order chi connectivity index (χ0) is 13.6. The van der Waals surface area contributed by atoms with E-state index in [0.29, 0.717) is 0 Å². The van der Waals surface area contributed by atoms with Gasteiger partial charge in [0.1, 0.15) is 5.82 Å². The van der Waals surface area contributed by atoms with Crippen LogP contribution in [0, 0.1) is 5.82 Å². The van der Waals surface area contributed by atoms with Crippen molar-refractivity contribution in [1.29, 1.82) is 0 Å². The molecule has 0 bridgehead atoms. The van der Waals surface area contributed by atoms with E-state index in [9.17, 15) is 4.39 Å². The van der Waals surface area contributed by atoms with Crippen LogP contribution in [0.5, 0.6) is 0 Å². The molecule has 3 heteroatoms. The summed E-state index contributed by atoms with van der Waals surface area (Å²) < 4.78 is 13.0. The van der Waals surface area contributed by atoms with Crippen LogP contribution in [0.1, 0.15) is 52.0 Å². The van der Waals surface area contributed by atoms with Crippen molar-refractivity contribution in [1.82, 2.24) is 5.43 Å². The number of halogens is 1. The maximum atomic E-state index is 13.0. The van der Waals surface area contributed by atoms with Gasteiger partial charge in [-0.25, -0.2) is 4.39 Å². The Morgan fingerprint density at radius 3 is 2.33 bits per heavy atom. The van der Waals surface area contributed by atoms with Gasteiger partial charge in [0.05, 0.1) is 0 Å². The molecule has 0 heterocycles. The summed E-state index contributed by atoms with van der Waals surface area (Å²) in [6, 6.07) is 6.92. The summed E-state index contributed by atoms with van der Waals surface area (Å²) in [5.74, 6) is 5.49. The lowest BCUT2D eigenvalue weighted by atomic mass is 9.76. The molecule has 1 aromatic rings. The highest BCUT2D eigenvalue weighted by atomic mass is 19.1. The van der Waals surface area contributed by atoms with E-state index in [1.54, 1.807) is 0 Å². The fraction of sp³-hybridized carbons (Fsp3) is 0.600. The second-order valence-electron chi connectivity index (χ2n) is 5.44. The van der Waals surface area contributed by atoms with Crippen molar-refractivity contribution in [2.24, 2.45) is 5.84 Å². The predicted molar refractivity (Wildman–Crippen MR) is 74.7 cm³/mol. The molecular formula is C15H25FN2. The second-order valence-corrected chi connectivity index (χ2v) is 5.44. The molecule has 0 amide bonds. The Balaban J connectivity index is 2.77. The molecule has 0 aromatic heterocycles. The monoisotopic (exact) mass is 252 g/mol. The number of hydrazine groups is 1. The minimum Gasteiger partial charge on any atom is -0.271 e. The summed E-state index contributed by atoms with van der Waals surface area (Å²) in [7, 11) is 0. The van der Waals surface area contributed by atoms with Crippen LogP contribution in [0.4, 0.5) is 4.39 Å². The summed E-state index contributed by atoms with van der Waals surface area (Å²) in [5.41, 5.74) is 3.93. The summed E-state index contributed by atoms with van der Waals surface area (Å²) in [4.78, 5) is 0. The fourth-order valence-corrected chi connectivity index (χ4v) is 2.33. The Labute approximate surface area is 110 Å². The standard InChI is InChI=1S/C15H25FN2/c1-4-5-6-7-14(18-17)15(2,3)12-8-10-13(16)11-9-12/h8-11,14,18H,4-7,17H2,1-3H3. The van der Waals surface area contributed by atoms with Crippen LogP contribution in [0.25, 0.3) is 0 Å². The lowest BCUT2D eigenvalue weighted by Gasteiger charge is -2.34. The number of benzene rings is 1. The number of rotatable bonds is 7. The molecule has 2 nitrogen and oxygen atoms in total. The Morgan fingerprint density at radius 2 is 1.83 bits per heavy atom. The van der Waals surface area contributed by atoms with Gasteiger partial charge in [0.25, 0.3) is 0 Å². The molecule has 0 saturated heterocycles. The van der Waals surface area contributed by atoms with Gasteiger partial charge in [-0.15, -0.1) is 0 Å². The molecule has 0 radical (unpaired) electrons. The van der Waals surface area contributed by atoms with Gasteiger partial charge in [0, 0.05) is 11.5 Å². The van der Waals surface area contributed by atoms with Crippen LogP contribution in [-0.2, 0) is 5.41 Å². The quantitative estimate of drug-likeness (QED) is 0.443. The highest BCUT2D eigenvalue weighted by molar-refractivity contribution is 5.26. The highest BCUT2D eigenvalue weighted by Crippen LogP contribution is 2.29. The first kappa shape index (κ1) is 15.1. The van der Waals surface area contributed by atoms with E-state index in [2.05, 4.69) is 26.2 Å². The van der Waals surface area contributed by atoms with E-state index in [4.69, 9.17) is 5.84 Å². The molecule has 0 spiro atoms. The molecule has 3 N–H and O–H groups in total. The van der Waals surface area contributed by atoms with Gasteiger partial charge in [-0.05, 0) is 24.1 Å². The molecule has 0 aliphatic heterocycles. The van der Waals surface area contributed by atoms with E-state index in [1.807, 2.05) is 12.1 Å². The minimum atomic E-state index is -0.196. The lowest BCUT2D eigenvalue weighted by molar-refractivity contribution is 0.317. The molecule has 1 atom stereocenters. The van der Waals surface area contributed by atoms with E-state index in [0.717, 1.165) is 18.4 Å². The SMILES string of the molecule is CCCCCC(NN)C(C)(C)c1ccc(F)cc1. The minimum absolute atomic E-state index is 0.101. The average molecular weight is 252 g/mol. The first-order valence-corrected chi connectivity index (χ1v) is 6.74. The molecule has 1 aromatic carbocycles. The number of nitrogens with one attached hydrogen (secondary N) is 1. The first-order chi connectivity index (χ1) is 8.52. The van der Waals surface area contributed by atoms with Crippen molar-refractivity contribution in [3.63, 3.8) is 0 Å². The normalized spacial score (nSPS) is 13.6. The van der Waals surface area contributed by atoms with Crippen LogP contribution in [0.3, 0.4) is 0 Å². The van der Waals surface area contributed by atoms with Crippen molar-refractivity contribution < 1.29 is 4.39 Å².